The normalized spacial score (nSPS) is 10.6. The van der Waals surface area contributed by atoms with E-state index in [4.69, 9.17) is 8.83 Å². The van der Waals surface area contributed by atoms with E-state index in [1.54, 1.807) is 12.1 Å². The molecular formula is C13H14O3. The molecule has 3 heteroatoms. The van der Waals surface area contributed by atoms with E-state index in [0.29, 0.717) is 23.5 Å². The number of carbonyl (C=O) groups is 1. The number of hydrogen-bond acceptors (Lipinski definition) is 3. The molecule has 0 N–H and O–H groups in total. The summed E-state index contributed by atoms with van der Waals surface area (Å²) in [5.41, 5.74) is 0.597. The zero-order valence-corrected chi connectivity index (χ0v) is 9.45. The van der Waals surface area contributed by atoms with E-state index in [2.05, 4.69) is 0 Å². The van der Waals surface area contributed by atoms with Crippen LogP contribution in [0, 0.1) is 0 Å². The highest BCUT2D eigenvalue weighted by Gasteiger charge is 2.18. The van der Waals surface area contributed by atoms with Crippen molar-refractivity contribution in [2.24, 2.45) is 0 Å². The Balaban J connectivity index is 2.31. The third-order valence-corrected chi connectivity index (χ3v) is 2.55. The smallest absolute Gasteiger partial charge is 0.231 e. The van der Waals surface area contributed by atoms with Crippen molar-refractivity contribution in [1.82, 2.24) is 0 Å². The Bertz CT molecular complexity index is 491. The molecule has 0 atom stereocenters. The molecule has 0 amide bonds. The SMILES string of the molecule is CCc1ccc(C(=O)c2ccoc2CC)o1. The molecular weight excluding hydrogens is 204 g/mol. The second-order valence-electron chi connectivity index (χ2n) is 3.56. The molecule has 0 unspecified atom stereocenters. The Morgan fingerprint density at radius 2 is 2.00 bits per heavy atom. The van der Waals surface area contributed by atoms with Crippen LogP contribution in [-0.4, -0.2) is 5.78 Å². The molecule has 16 heavy (non-hydrogen) atoms. The number of furan rings is 2. The van der Waals surface area contributed by atoms with Crippen LogP contribution < -0.4 is 0 Å². The van der Waals surface area contributed by atoms with Gasteiger partial charge in [0.25, 0.3) is 0 Å². The van der Waals surface area contributed by atoms with Gasteiger partial charge in [0.1, 0.15) is 11.5 Å². The summed E-state index contributed by atoms with van der Waals surface area (Å²) in [6, 6.07) is 5.24. The first-order chi connectivity index (χ1) is 7.76. The lowest BCUT2D eigenvalue weighted by Crippen LogP contribution is -2.01. The third kappa shape index (κ3) is 1.81. The summed E-state index contributed by atoms with van der Waals surface area (Å²) in [7, 11) is 0. The lowest BCUT2D eigenvalue weighted by molar-refractivity contribution is 0.101. The van der Waals surface area contributed by atoms with Gasteiger partial charge in [-0.2, -0.15) is 0 Å². The highest BCUT2D eigenvalue weighted by Crippen LogP contribution is 2.18. The van der Waals surface area contributed by atoms with Gasteiger partial charge in [-0.1, -0.05) is 13.8 Å². The minimum Gasteiger partial charge on any atom is -0.469 e. The first kappa shape index (κ1) is 10.7. The summed E-state index contributed by atoms with van der Waals surface area (Å²) >= 11 is 0. The van der Waals surface area contributed by atoms with E-state index in [1.807, 2.05) is 19.9 Å². The largest absolute Gasteiger partial charge is 0.469 e. The Labute approximate surface area is 94.1 Å². The van der Waals surface area contributed by atoms with Crippen molar-refractivity contribution >= 4 is 5.78 Å². The fourth-order valence-electron chi connectivity index (χ4n) is 1.64. The van der Waals surface area contributed by atoms with Crippen LogP contribution in [0.15, 0.2) is 33.3 Å². The van der Waals surface area contributed by atoms with Crippen LogP contribution in [0.5, 0.6) is 0 Å². The fourth-order valence-corrected chi connectivity index (χ4v) is 1.64. The van der Waals surface area contributed by atoms with Crippen molar-refractivity contribution in [2.45, 2.75) is 26.7 Å². The average Bonchev–Trinajstić information content (AvgIpc) is 2.96. The van der Waals surface area contributed by atoms with Gasteiger partial charge in [-0.3, -0.25) is 4.79 Å². The first-order valence-corrected chi connectivity index (χ1v) is 5.46. The van der Waals surface area contributed by atoms with Gasteiger partial charge in [-0.15, -0.1) is 0 Å². The van der Waals surface area contributed by atoms with Gasteiger partial charge in [-0.25, -0.2) is 0 Å². The maximum atomic E-state index is 12.1. The highest BCUT2D eigenvalue weighted by atomic mass is 16.4. The van der Waals surface area contributed by atoms with Crippen molar-refractivity contribution in [3.8, 4) is 0 Å². The molecule has 2 rings (SSSR count). The zero-order chi connectivity index (χ0) is 11.5. The van der Waals surface area contributed by atoms with Crippen molar-refractivity contribution < 1.29 is 13.6 Å². The average molecular weight is 218 g/mol. The zero-order valence-electron chi connectivity index (χ0n) is 9.45. The van der Waals surface area contributed by atoms with Crippen molar-refractivity contribution in [1.29, 1.82) is 0 Å². The second-order valence-corrected chi connectivity index (χ2v) is 3.56. The van der Waals surface area contributed by atoms with Crippen LogP contribution >= 0.6 is 0 Å². The summed E-state index contributed by atoms with van der Waals surface area (Å²) < 4.78 is 10.7. The molecule has 0 spiro atoms. The summed E-state index contributed by atoms with van der Waals surface area (Å²) in [5.74, 6) is 1.81. The first-order valence-electron chi connectivity index (χ1n) is 5.46. The number of aryl methyl sites for hydroxylation is 2. The maximum absolute atomic E-state index is 12.1. The molecule has 3 nitrogen and oxygen atoms in total. The summed E-state index contributed by atoms with van der Waals surface area (Å²) in [6.07, 6.45) is 3.03. The van der Waals surface area contributed by atoms with E-state index in [9.17, 15) is 4.79 Å². The fraction of sp³-hybridized carbons (Fsp3) is 0.308. The lowest BCUT2D eigenvalue weighted by Gasteiger charge is -1.96. The summed E-state index contributed by atoms with van der Waals surface area (Å²) in [5, 5.41) is 0. The molecule has 2 aromatic rings. The van der Waals surface area contributed by atoms with Crippen molar-refractivity contribution in [3.63, 3.8) is 0 Å². The maximum Gasteiger partial charge on any atom is 0.231 e. The van der Waals surface area contributed by atoms with Crippen LogP contribution in [0.2, 0.25) is 0 Å². The molecule has 0 bridgehead atoms. The van der Waals surface area contributed by atoms with Gasteiger partial charge in [0.2, 0.25) is 5.78 Å². The van der Waals surface area contributed by atoms with Gasteiger partial charge in [-0.05, 0) is 18.2 Å². The minimum atomic E-state index is -0.106. The predicted molar refractivity (Wildman–Crippen MR) is 59.6 cm³/mol. The minimum absolute atomic E-state index is 0.106. The van der Waals surface area contributed by atoms with Crippen LogP contribution in [0.3, 0.4) is 0 Å². The Hall–Kier alpha value is -1.77. The van der Waals surface area contributed by atoms with Gasteiger partial charge >= 0.3 is 0 Å². The Morgan fingerprint density at radius 1 is 1.19 bits per heavy atom. The molecule has 0 aliphatic carbocycles. The van der Waals surface area contributed by atoms with Crippen LogP contribution in [0.1, 0.15) is 41.5 Å². The van der Waals surface area contributed by atoms with E-state index in [-0.39, 0.29) is 5.78 Å². The number of ketones is 1. The molecule has 0 saturated carbocycles. The molecule has 0 aromatic carbocycles. The van der Waals surface area contributed by atoms with E-state index >= 15 is 0 Å². The number of rotatable bonds is 4. The number of hydrogen-bond donors (Lipinski definition) is 0. The van der Waals surface area contributed by atoms with Crippen LogP contribution in [-0.2, 0) is 12.8 Å². The molecule has 0 aliphatic rings. The van der Waals surface area contributed by atoms with Gasteiger partial charge in [0.15, 0.2) is 5.76 Å². The second kappa shape index (κ2) is 4.39. The standard InChI is InChI=1S/C13H14O3/c1-3-9-5-6-12(16-9)13(14)10-7-8-15-11(10)4-2/h5-8H,3-4H2,1-2H3. The quantitative estimate of drug-likeness (QED) is 0.740. The van der Waals surface area contributed by atoms with Gasteiger partial charge in [0.05, 0.1) is 11.8 Å². The van der Waals surface area contributed by atoms with E-state index in [1.165, 1.54) is 6.26 Å². The number of carbonyl (C=O) groups excluding carboxylic acids is 1. The lowest BCUT2D eigenvalue weighted by atomic mass is 10.1. The Kier molecular flexibility index (Phi) is 2.95. The molecule has 0 aliphatic heterocycles. The Morgan fingerprint density at radius 3 is 2.62 bits per heavy atom. The predicted octanol–water partition coefficient (Wildman–Crippen LogP) is 3.23. The topological polar surface area (TPSA) is 43.4 Å². The molecule has 2 aromatic heterocycles. The molecule has 0 fully saturated rings. The molecule has 2 heterocycles. The third-order valence-electron chi connectivity index (χ3n) is 2.55. The molecule has 84 valence electrons. The monoisotopic (exact) mass is 218 g/mol. The van der Waals surface area contributed by atoms with Crippen LogP contribution in [0.4, 0.5) is 0 Å². The van der Waals surface area contributed by atoms with Gasteiger partial charge in [0, 0.05) is 12.8 Å². The summed E-state index contributed by atoms with van der Waals surface area (Å²) in [4.78, 5) is 12.1. The van der Waals surface area contributed by atoms with Crippen molar-refractivity contribution in [3.05, 3.63) is 47.3 Å². The summed E-state index contributed by atoms with van der Waals surface area (Å²) in [6.45, 7) is 3.94. The van der Waals surface area contributed by atoms with Crippen molar-refractivity contribution in [2.75, 3.05) is 0 Å². The van der Waals surface area contributed by atoms with Crippen LogP contribution in [0.25, 0.3) is 0 Å². The van der Waals surface area contributed by atoms with Gasteiger partial charge < -0.3 is 8.83 Å². The van der Waals surface area contributed by atoms with E-state index in [0.717, 1.165) is 12.2 Å². The van der Waals surface area contributed by atoms with E-state index < -0.39 is 0 Å². The molecule has 0 saturated heterocycles. The molecule has 0 radical (unpaired) electrons. The highest BCUT2D eigenvalue weighted by molar-refractivity contribution is 6.07.